The zero-order valence-corrected chi connectivity index (χ0v) is 12.7. The van der Waals surface area contributed by atoms with Crippen LogP contribution in [0.25, 0.3) is 0 Å². The lowest BCUT2D eigenvalue weighted by Gasteiger charge is -2.18. The second-order valence-electron chi connectivity index (χ2n) is 4.74. The third-order valence-corrected chi connectivity index (χ3v) is 3.71. The van der Waals surface area contributed by atoms with Crippen LogP contribution in [0.5, 0.6) is 0 Å². The SMILES string of the molecule is CSCC[C@@H](N)C(=O)NC(C)c1ccc(C(F)(F)F)cc1. The fourth-order valence-corrected chi connectivity index (χ4v) is 2.23. The van der Waals surface area contributed by atoms with Gasteiger partial charge in [0, 0.05) is 0 Å². The van der Waals surface area contributed by atoms with Crippen molar-refractivity contribution in [3.8, 4) is 0 Å². The van der Waals surface area contributed by atoms with Crippen molar-refractivity contribution in [1.82, 2.24) is 5.32 Å². The van der Waals surface area contributed by atoms with Crippen LogP contribution in [0.1, 0.15) is 30.5 Å². The number of benzene rings is 1. The van der Waals surface area contributed by atoms with Crippen molar-refractivity contribution in [2.75, 3.05) is 12.0 Å². The zero-order chi connectivity index (χ0) is 16.0. The van der Waals surface area contributed by atoms with E-state index in [-0.39, 0.29) is 11.9 Å². The average molecular weight is 320 g/mol. The molecular weight excluding hydrogens is 301 g/mol. The molecule has 0 radical (unpaired) electrons. The topological polar surface area (TPSA) is 55.1 Å². The van der Waals surface area contributed by atoms with Crippen LogP contribution >= 0.6 is 11.8 Å². The molecule has 1 aromatic rings. The van der Waals surface area contributed by atoms with Gasteiger partial charge in [0.1, 0.15) is 0 Å². The predicted octanol–water partition coefficient (Wildman–Crippen LogP) is 2.96. The summed E-state index contributed by atoms with van der Waals surface area (Å²) in [6.45, 7) is 1.71. The van der Waals surface area contributed by atoms with Gasteiger partial charge in [0.25, 0.3) is 0 Å². The van der Waals surface area contributed by atoms with Crippen molar-refractivity contribution < 1.29 is 18.0 Å². The minimum absolute atomic E-state index is 0.295. The minimum Gasteiger partial charge on any atom is -0.348 e. The second kappa shape index (κ2) is 7.70. The Morgan fingerprint density at radius 2 is 1.90 bits per heavy atom. The fraction of sp³-hybridized carbons (Fsp3) is 0.500. The fourth-order valence-electron chi connectivity index (χ4n) is 1.74. The standard InChI is InChI=1S/C14H19F3N2OS/c1-9(19-13(20)12(18)7-8-21-2)10-3-5-11(6-4-10)14(15,16)17/h3-6,9,12H,7-8,18H2,1-2H3,(H,19,20)/t9?,12-/m1/s1. The van der Waals surface area contributed by atoms with Crippen LogP contribution in [0.15, 0.2) is 24.3 Å². The summed E-state index contributed by atoms with van der Waals surface area (Å²) in [5, 5.41) is 2.71. The molecule has 0 fully saturated rings. The maximum absolute atomic E-state index is 12.5. The van der Waals surface area contributed by atoms with Crippen molar-refractivity contribution in [2.45, 2.75) is 31.6 Å². The first kappa shape index (κ1) is 17.8. The Hall–Kier alpha value is -1.21. The quantitative estimate of drug-likeness (QED) is 0.847. The predicted molar refractivity (Wildman–Crippen MR) is 79.0 cm³/mol. The molecule has 0 spiro atoms. The first-order valence-electron chi connectivity index (χ1n) is 6.47. The Morgan fingerprint density at radius 1 is 1.33 bits per heavy atom. The molecule has 0 bridgehead atoms. The smallest absolute Gasteiger partial charge is 0.348 e. The maximum atomic E-state index is 12.5. The van der Waals surface area contributed by atoms with E-state index in [0.717, 1.165) is 17.9 Å². The average Bonchev–Trinajstić information content (AvgIpc) is 2.43. The van der Waals surface area contributed by atoms with Crippen molar-refractivity contribution in [3.05, 3.63) is 35.4 Å². The first-order chi connectivity index (χ1) is 9.75. The summed E-state index contributed by atoms with van der Waals surface area (Å²) in [6.07, 6.45) is -1.87. The molecule has 2 atom stereocenters. The van der Waals surface area contributed by atoms with Gasteiger partial charge in [-0.15, -0.1) is 0 Å². The Morgan fingerprint density at radius 3 is 2.38 bits per heavy atom. The van der Waals surface area contributed by atoms with E-state index in [0.29, 0.717) is 12.0 Å². The van der Waals surface area contributed by atoms with Gasteiger partial charge in [-0.25, -0.2) is 0 Å². The van der Waals surface area contributed by atoms with Gasteiger partial charge in [-0.05, 0) is 43.0 Å². The van der Waals surface area contributed by atoms with Gasteiger partial charge < -0.3 is 11.1 Å². The van der Waals surface area contributed by atoms with E-state index >= 15 is 0 Å². The molecule has 0 aliphatic rings. The molecule has 118 valence electrons. The van der Waals surface area contributed by atoms with E-state index < -0.39 is 17.8 Å². The molecule has 0 aliphatic carbocycles. The van der Waals surface area contributed by atoms with Crippen LogP contribution in [0.2, 0.25) is 0 Å². The number of alkyl halides is 3. The summed E-state index contributed by atoms with van der Waals surface area (Å²) >= 11 is 1.60. The minimum atomic E-state index is -4.36. The highest BCUT2D eigenvalue weighted by atomic mass is 32.2. The number of carbonyl (C=O) groups excluding carboxylic acids is 1. The van der Waals surface area contributed by atoms with Gasteiger partial charge in [0.15, 0.2) is 0 Å². The van der Waals surface area contributed by atoms with Gasteiger partial charge in [0.2, 0.25) is 5.91 Å². The van der Waals surface area contributed by atoms with Crippen LogP contribution in [0.3, 0.4) is 0 Å². The summed E-state index contributed by atoms with van der Waals surface area (Å²) in [6, 6.07) is 3.74. The Bertz CT molecular complexity index is 462. The highest BCUT2D eigenvalue weighted by Gasteiger charge is 2.30. The number of carbonyl (C=O) groups is 1. The van der Waals surface area contributed by atoms with E-state index in [1.54, 1.807) is 18.7 Å². The van der Waals surface area contributed by atoms with Crippen LogP contribution in [0.4, 0.5) is 13.2 Å². The molecular formula is C14H19F3N2OS. The van der Waals surface area contributed by atoms with Gasteiger partial charge in [-0.3, -0.25) is 4.79 Å². The number of amides is 1. The monoisotopic (exact) mass is 320 g/mol. The van der Waals surface area contributed by atoms with Crippen LogP contribution < -0.4 is 11.1 Å². The number of nitrogens with two attached hydrogens (primary N) is 1. The molecule has 3 N–H and O–H groups in total. The van der Waals surface area contributed by atoms with Crippen molar-refractivity contribution in [2.24, 2.45) is 5.73 Å². The lowest BCUT2D eigenvalue weighted by atomic mass is 10.1. The molecule has 3 nitrogen and oxygen atoms in total. The lowest BCUT2D eigenvalue weighted by Crippen LogP contribution is -2.41. The van der Waals surface area contributed by atoms with Gasteiger partial charge >= 0.3 is 6.18 Å². The summed E-state index contributed by atoms with van der Waals surface area (Å²) in [4.78, 5) is 11.8. The molecule has 1 aromatic carbocycles. The van der Waals surface area contributed by atoms with E-state index in [4.69, 9.17) is 5.73 Å². The number of halogens is 3. The number of thioether (sulfide) groups is 1. The molecule has 1 rings (SSSR count). The van der Waals surface area contributed by atoms with Crippen molar-refractivity contribution >= 4 is 17.7 Å². The van der Waals surface area contributed by atoms with Crippen molar-refractivity contribution in [3.63, 3.8) is 0 Å². The molecule has 0 saturated carbocycles. The largest absolute Gasteiger partial charge is 0.416 e. The molecule has 1 amide bonds. The molecule has 0 aromatic heterocycles. The summed E-state index contributed by atoms with van der Waals surface area (Å²) in [5.41, 5.74) is 5.63. The Labute approximate surface area is 126 Å². The molecule has 1 unspecified atom stereocenters. The number of nitrogens with one attached hydrogen (secondary N) is 1. The third-order valence-electron chi connectivity index (χ3n) is 3.07. The number of rotatable bonds is 6. The van der Waals surface area contributed by atoms with E-state index in [1.807, 2.05) is 6.26 Å². The second-order valence-corrected chi connectivity index (χ2v) is 5.72. The van der Waals surface area contributed by atoms with Crippen molar-refractivity contribution in [1.29, 1.82) is 0 Å². The van der Waals surface area contributed by atoms with Gasteiger partial charge in [-0.1, -0.05) is 12.1 Å². The summed E-state index contributed by atoms with van der Waals surface area (Å²) in [7, 11) is 0. The summed E-state index contributed by atoms with van der Waals surface area (Å²) in [5.74, 6) is 0.486. The normalized spacial score (nSPS) is 14.6. The highest BCUT2D eigenvalue weighted by molar-refractivity contribution is 7.98. The van der Waals surface area contributed by atoms with Gasteiger partial charge in [-0.2, -0.15) is 24.9 Å². The molecule has 0 heterocycles. The van der Waals surface area contributed by atoms with E-state index in [9.17, 15) is 18.0 Å². The molecule has 0 saturated heterocycles. The Kier molecular flexibility index (Phi) is 6.54. The molecule has 7 heteroatoms. The zero-order valence-electron chi connectivity index (χ0n) is 11.9. The third kappa shape index (κ3) is 5.59. The number of hydrogen-bond acceptors (Lipinski definition) is 3. The highest BCUT2D eigenvalue weighted by Crippen LogP contribution is 2.29. The maximum Gasteiger partial charge on any atom is 0.416 e. The van der Waals surface area contributed by atoms with Crippen LogP contribution in [0, 0.1) is 0 Å². The van der Waals surface area contributed by atoms with Gasteiger partial charge in [0.05, 0.1) is 17.6 Å². The summed E-state index contributed by atoms with van der Waals surface area (Å²) < 4.78 is 37.4. The van der Waals surface area contributed by atoms with E-state index in [1.165, 1.54) is 12.1 Å². The van der Waals surface area contributed by atoms with E-state index in [2.05, 4.69) is 5.32 Å². The van der Waals surface area contributed by atoms with Crippen LogP contribution in [-0.2, 0) is 11.0 Å². The Balaban J connectivity index is 2.63. The first-order valence-corrected chi connectivity index (χ1v) is 7.87. The lowest BCUT2D eigenvalue weighted by molar-refractivity contribution is -0.137. The van der Waals surface area contributed by atoms with Crippen LogP contribution in [-0.4, -0.2) is 24.0 Å². The number of hydrogen-bond donors (Lipinski definition) is 2. The molecule has 21 heavy (non-hydrogen) atoms. The molecule has 0 aliphatic heterocycles.